The Labute approximate surface area is 214 Å². The molecule has 0 unspecified atom stereocenters. The van der Waals surface area contributed by atoms with Crippen molar-refractivity contribution in [2.45, 2.75) is 13.5 Å². The van der Waals surface area contributed by atoms with Crippen LogP contribution in [0.25, 0.3) is 0 Å². The van der Waals surface area contributed by atoms with Crippen molar-refractivity contribution >= 4 is 29.7 Å². The van der Waals surface area contributed by atoms with Crippen molar-refractivity contribution in [3.63, 3.8) is 0 Å². The summed E-state index contributed by atoms with van der Waals surface area (Å²) in [6, 6.07) is 28.2. The third-order valence-electron chi connectivity index (χ3n) is 5.16. The van der Waals surface area contributed by atoms with Gasteiger partial charge < -0.3 is 9.47 Å². The Balaban J connectivity index is 1.33. The molecule has 7 heteroatoms. The second-order valence-electron chi connectivity index (χ2n) is 7.94. The average Bonchev–Trinajstić information content (AvgIpc) is 2.89. The van der Waals surface area contributed by atoms with Gasteiger partial charge in [-0.25, -0.2) is 10.2 Å². The zero-order valence-electron chi connectivity index (χ0n) is 19.5. The second-order valence-corrected chi connectivity index (χ2v) is 8.37. The van der Waals surface area contributed by atoms with Gasteiger partial charge in [0.2, 0.25) is 0 Å². The van der Waals surface area contributed by atoms with Crippen molar-refractivity contribution in [3.05, 3.63) is 130 Å². The number of ether oxygens (including phenoxy) is 2. The van der Waals surface area contributed by atoms with Crippen LogP contribution in [0, 0.1) is 6.92 Å². The minimum Gasteiger partial charge on any atom is -0.488 e. The molecular weight excluding hydrogens is 476 g/mol. The Morgan fingerprint density at radius 2 is 1.67 bits per heavy atom. The Morgan fingerprint density at radius 1 is 0.917 bits per heavy atom. The fourth-order valence-corrected chi connectivity index (χ4v) is 3.43. The fraction of sp³-hybridized carbons (Fsp3) is 0.0690. The summed E-state index contributed by atoms with van der Waals surface area (Å²) in [5.74, 6) is 0.0281. The number of hydrazone groups is 1. The third kappa shape index (κ3) is 6.81. The number of rotatable bonds is 8. The number of amides is 1. The van der Waals surface area contributed by atoms with Crippen LogP contribution in [-0.2, 0) is 6.61 Å². The molecule has 0 aliphatic rings. The van der Waals surface area contributed by atoms with E-state index in [-0.39, 0.29) is 0 Å². The molecule has 0 radical (unpaired) electrons. The second kappa shape index (κ2) is 11.8. The van der Waals surface area contributed by atoms with Gasteiger partial charge in [-0.1, -0.05) is 53.6 Å². The van der Waals surface area contributed by atoms with Crippen molar-refractivity contribution in [1.29, 1.82) is 0 Å². The summed E-state index contributed by atoms with van der Waals surface area (Å²) in [6.07, 6.45) is 1.50. The Hall–Kier alpha value is -4.42. The molecule has 0 aliphatic heterocycles. The van der Waals surface area contributed by atoms with Gasteiger partial charge in [0.25, 0.3) is 5.91 Å². The molecule has 0 fully saturated rings. The van der Waals surface area contributed by atoms with E-state index in [0.29, 0.717) is 34.3 Å². The molecule has 180 valence electrons. The van der Waals surface area contributed by atoms with E-state index >= 15 is 0 Å². The first-order valence-electron chi connectivity index (χ1n) is 11.2. The van der Waals surface area contributed by atoms with E-state index < -0.39 is 11.9 Å². The summed E-state index contributed by atoms with van der Waals surface area (Å²) < 4.78 is 11.2. The van der Waals surface area contributed by atoms with Crippen LogP contribution in [0.1, 0.15) is 37.4 Å². The van der Waals surface area contributed by atoms with Crippen LogP contribution < -0.4 is 14.9 Å². The molecule has 36 heavy (non-hydrogen) atoms. The summed E-state index contributed by atoms with van der Waals surface area (Å²) >= 11 is 5.92. The van der Waals surface area contributed by atoms with Gasteiger partial charge >= 0.3 is 5.97 Å². The summed E-state index contributed by atoms with van der Waals surface area (Å²) in [5.41, 5.74) is 6.00. The van der Waals surface area contributed by atoms with Crippen molar-refractivity contribution in [2.24, 2.45) is 5.10 Å². The van der Waals surface area contributed by atoms with E-state index in [2.05, 4.69) is 10.5 Å². The van der Waals surface area contributed by atoms with E-state index in [1.807, 2.05) is 31.2 Å². The first-order valence-corrected chi connectivity index (χ1v) is 11.5. The summed E-state index contributed by atoms with van der Waals surface area (Å²) in [6.45, 7) is 2.21. The van der Waals surface area contributed by atoms with Gasteiger partial charge in [-0.2, -0.15) is 5.10 Å². The van der Waals surface area contributed by atoms with Crippen LogP contribution >= 0.6 is 11.6 Å². The third-order valence-corrected chi connectivity index (χ3v) is 5.42. The maximum absolute atomic E-state index is 12.7. The molecule has 0 saturated heterocycles. The molecule has 1 N–H and O–H groups in total. The molecule has 0 atom stereocenters. The van der Waals surface area contributed by atoms with Crippen LogP contribution in [0.3, 0.4) is 0 Å². The number of benzene rings is 4. The first-order chi connectivity index (χ1) is 17.5. The highest BCUT2D eigenvalue weighted by molar-refractivity contribution is 6.30. The predicted molar refractivity (Wildman–Crippen MR) is 140 cm³/mol. The van der Waals surface area contributed by atoms with Crippen LogP contribution in [0.4, 0.5) is 0 Å². The Bertz CT molecular complexity index is 1380. The van der Waals surface area contributed by atoms with Gasteiger partial charge in [0, 0.05) is 5.02 Å². The standard InChI is InChI=1S/C29H23ClN2O4/c1-20-5-4-6-23(17-20)29(34)36-25-15-11-21(12-16-25)18-31-32-28(33)26-7-2-3-8-27(26)35-19-22-9-13-24(30)14-10-22/h2-18H,19H2,1H3,(H,32,33). The molecule has 0 aliphatic carbocycles. The summed E-state index contributed by atoms with van der Waals surface area (Å²) in [4.78, 5) is 25.0. The van der Waals surface area contributed by atoms with Crippen LogP contribution in [-0.4, -0.2) is 18.1 Å². The van der Waals surface area contributed by atoms with Gasteiger partial charge in [-0.3, -0.25) is 4.79 Å². The number of halogens is 1. The lowest BCUT2D eigenvalue weighted by Gasteiger charge is -2.10. The zero-order valence-corrected chi connectivity index (χ0v) is 20.2. The quantitative estimate of drug-likeness (QED) is 0.135. The number of esters is 1. The summed E-state index contributed by atoms with van der Waals surface area (Å²) in [5, 5.41) is 4.68. The topological polar surface area (TPSA) is 77.0 Å². The number of nitrogens with one attached hydrogen (secondary N) is 1. The normalized spacial score (nSPS) is 10.7. The Morgan fingerprint density at radius 3 is 2.42 bits per heavy atom. The highest BCUT2D eigenvalue weighted by Crippen LogP contribution is 2.20. The Kier molecular flexibility index (Phi) is 8.11. The van der Waals surface area contributed by atoms with Crippen molar-refractivity contribution in [2.75, 3.05) is 0 Å². The largest absolute Gasteiger partial charge is 0.488 e. The average molecular weight is 499 g/mol. The molecule has 4 aromatic rings. The van der Waals surface area contributed by atoms with Crippen molar-refractivity contribution < 1.29 is 19.1 Å². The number of carbonyl (C=O) groups excluding carboxylic acids is 2. The molecule has 4 aromatic carbocycles. The minimum atomic E-state index is -0.427. The van der Waals surface area contributed by atoms with Crippen molar-refractivity contribution in [3.8, 4) is 11.5 Å². The molecule has 0 spiro atoms. The highest BCUT2D eigenvalue weighted by atomic mass is 35.5. The van der Waals surface area contributed by atoms with Gasteiger partial charge in [-0.05, 0) is 78.7 Å². The van der Waals surface area contributed by atoms with E-state index in [4.69, 9.17) is 21.1 Å². The van der Waals surface area contributed by atoms with E-state index in [0.717, 1.165) is 16.7 Å². The van der Waals surface area contributed by atoms with Gasteiger partial charge in [0.05, 0.1) is 17.3 Å². The first kappa shape index (κ1) is 24.7. The molecule has 4 rings (SSSR count). The van der Waals surface area contributed by atoms with E-state index in [9.17, 15) is 9.59 Å². The molecular formula is C29H23ClN2O4. The smallest absolute Gasteiger partial charge is 0.343 e. The SMILES string of the molecule is Cc1cccc(C(=O)Oc2ccc(C=NNC(=O)c3ccccc3OCc3ccc(Cl)cc3)cc2)c1. The number of hydrogen-bond donors (Lipinski definition) is 1. The monoisotopic (exact) mass is 498 g/mol. The van der Waals surface area contributed by atoms with Crippen LogP contribution in [0.5, 0.6) is 11.5 Å². The predicted octanol–water partition coefficient (Wildman–Crippen LogP) is 6.21. The van der Waals surface area contributed by atoms with E-state index in [1.165, 1.54) is 6.21 Å². The number of aryl methyl sites for hydroxylation is 1. The molecule has 1 amide bonds. The number of nitrogens with zero attached hydrogens (tertiary/aromatic N) is 1. The van der Waals surface area contributed by atoms with Gasteiger partial charge in [0.1, 0.15) is 18.1 Å². The van der Waals surface area contributed by atoms with Gasteiger partial charge in [-0.15, -0.1) is 0 Å². The maximum Gasteiger partial charge on any atom is 0.343 e. The zero-order chi connectivity index (χ0) is 25.3. The lowest BCUT2D eigenvalue weighted by Crippen LogP contribution is -2.18. The van der Waals surface area contributed by atoms with Gasteiger partial charge in [0.15, 0.2) is 0 Å². The van der Waals surface area contributed by atoms with E-state index in [1.54, 1.807) is 72.8 Å². The van der Waals surface area contributed by atoms with Crippen molar-refractivity contribution in [1.82, 2.24) is 5.43 Å². The molecule has 6 nitrogen and oxygen atoms in total. The molecule has 0 saturated carbocycles. The molecule has 0 bridgehead atoms. The fourth-order valence-electron chi connectivity index (χ4n) is 3.31. The van der Waals surface area contributed by atoms with Crippen LogP contribution in [0.15, 0.2) is 102 Å². The highest BCUT2D eigenvalue weighted by Gasteiger charge is 2.12. The minimum absolute atomic E-state index is 0.297. The number of hydrogen-bond acceptors (Lipinski definition) is 5. The lowest BCUT2D eigenvalue weighted by atomic mass is 10.1. The number of para-hydroxylation sites is 1. The molecule has 0 aromatic heterocycles. The maximum atomic E-state index is 12.7. The summed E-state index contributed by atoms with van der Waals surface area (Å²) in [7, 11) is 0. The number of carbonyl (C=O) groups is 2. The lowest BCUT2D eigenvalue weighted by molar-refractivity contribution is 0.0734. The van der Waals surface area contributed by atoms with Crippen LogP contribution in [0.2, 0.25) is 5.02 Å². The molecule has 0 heterocycles.